The number of carbonyl (C=O) groups is 1. The molecule has 0 saturated heterocycles. The summed E-state index contributed by atoms with van der Waals surface area (Å²) in [5.41, 5.74) is 0. The fraction of sp³-hybridized carbons (Fsp3) is 0.727. The van der Waals surface area contributed by atoms with Gasteiger partial charge in [0.05, 0.1) is 6.61 Å². The van der Waals surface area contributed by atoms with Crippen LogP contribution in [0.3, 0.4) is 0 Å². The van der Waals surface area contributed by atoms with E-state index in [1.807, 2.05) is 0 Å². The molecule has 3 heteroatoms. The zero-order valence-electron chi connectivity index (χ0n) is 8.75. The van der Waals surface area contributed by atoms with E-state index in [2.05, 4.69) is 16.4 Å². The van der Waals surface area contributed by atoms with E-state index in [9.17, 15) is 4.79 Å². The molecule has 80 valence electrons. The number of ether oxygens (including phenoxy) is 2. The van der Waals surface area contributed by atoms with Gasteiger partial charge in [0.2, 0.25) is 0 Å². The predicted molar refractivity (Wildman–Crippen MR) is 54.6 cm³/mol. The highest BCUT2D eigenvalue weighted by Gasteiger charge is 2.00. The summed E-state index contributed by atoms with van der Waals surface area (Å²) in [6.45, 7) is 2.57. The molecule has 0 aliphatic rings. The summed E-state index contributed by atoms with van der Waals surface area (Å²) in [6.07, 6.45) is 12.7. The minimum absolute atomic E-state index is 0.395. The molecule has 0 aromatic heterocycles. The molecule has 0 atom stereocenters. The first kappa shape index (κ1) is 12.8. The summed E-state index contributed by atoms with van der Waals surface area (Å²) in [5, 5.41) is 0. The van der Waals surface area contributed by atoms with Crippen LogP contribution in [0.4, 0.5) is 4.79 Å². The largest absolute Gasteiger partial charge is 0.522 e. The highest BCUT2D eigenvalue weighted by Crippen LogP contribution is 2.04. The molecule has 0 N–H and O–H groups in total. The Morgan fingerprint density at radius 2 is 1.86 bits per heavy atom. The Hall–Kier alpha value is -1.17. The highest BCUT2D eigenvalue weighted by atomic mass is 16.7. The van der Waals surface area contributed by atoms with Gasteiger partial charge in [0.25, 0.3) is 0 Å². The number of carbonyl (C=O) groups excluding carboxylic acids is 1. The molecule has 0 spiro atoms. The first-order chi connectivity index (χ1) is 6.81. The van der Waals surface area contributed by atoms with Crippen molar-refractivity contribution in [2.75, 3.05) is 6.61 Å². The average Bonchev–Trinajstić information content (AvgIpc) is 2.17. The second-order valence-electron chi connectivity index (χ2n) is 3.09. The zero-order valence-corrected chi connectivity index (χ0v) is 8.75. The maximum atomic E-state index is 10.6. The Morgan fingerprint density at radius 3 is 2.50 bits per heavy atom. The van der Waals surface area contributed by atoms with Gasteiger partial charge in [0.1, 0.15) is 6.11 Å². The van der Waals surface area contributed by atoms with Gasteiger partial charge in [-0.05, 0) is 6.42 Å². The minimum Gasteiger partial charge on any atom is -0.433 e. The van der Waals surface area contributed by atoms with Crippen LogP contribution in [0.1, 0.15) is 45.4 Å². The summed E-state index contributed by atoms with van der Waals surface area (Å²) >= 11 is 0. The number of rotatable bonds is 7. The van der Waals surface area contributed by atoms with Crippen LogP contribution in [0.15, 0.2) is 0 Å². The molecule has 0 fully saturated rings. The molecule has 0 rings (SSSR count). The Bertz CT molecular complexity index is 181. The molecule has 0 saturated carbocycles. The molecular formula is C11H18O3. The third-order valence-electron chi connectivity index (χ3n) is 1.86. The van der Waals surface area contributed by atoms with Crippen LogP contribution in [0.5, 0.6) is 0 Å². The van der Waals surface area contributed by atoms with Gasteiger partial charge < -0.3 is 9.47 Å². The molecule has 0 aromatic carbocycles. The second kappa shape index (κ2) is 9.91. The number of hydrogen-bond acceptors (Lipinski definition) is 3. The van der Waals surface area contributed by atoms with Gasteiger partial charge in [0.15, 0.2) is 0 Å². The van der Waals surface area contributed by atoms with E-state index < -0.39 is 6.16 Å². The van der Waals surface area contributed by atoms with E-state index in [0.29, 0.717) is 6.61 Å². The van der Waals surface area contributed by atoms with Crippen LogP contribution in [0, 0.1) is 12.5 Å². The van der Waals surface area contributed by atoms with E-state index in [0.717, 1.165) is 12.8 Å². The normalized spacial score (nSPS) is 9.14. The molecule has 0 radical (unpaired) electrons. The van der Waals surface area contributed by atoms with Crippen LogP contribution < -0.4 is 0 Å². The Labute approximate surface area is 85.8 Å². The van der Waals surface area contributed by atoms with Gasteiger partial charge in [-0.2, -0.15) is 0 Å². The molecule has 0 heterocycles. The van der Waals surface area contributed by atoms with Crippen molar-refractivity contribution in [2.24, 2.45) is 0 Å². The Morgan fingerprint density at radius 1 is 1.21 bits per heavy atom. The van der Waals surface area contributed by atoms with Crippen molar-refractivity contribution >= 4 is 6.16 Å². The van der Waals surface area contributed by atoms with Crippen LogP contribution >= 0.6 is 0 Å². The molecule has 0 aliphatic heterocycles. The summed E-state index contributed by atoms with van der Waals surface area (Å²) in [6, 6.07) is 0. The number of terminal acetylenes is 1. The maximum absolute atomic E-state index is 10.6. The summed E-state index contributed by atoms with van der Waals surface area (Å²) in [7, 11) is 0. The van der Waals surface area contributed by atoms with Crippen molar-refractivity contribution in [1.29, 1.82) is 0 Å². The van der Waals surface area contributed by atoms with Gasteiger partial charge in [-0.25, -0.2) is 4.79 Å². The molecule has 0 unspecified atom stereocenters. The highest BCUT2D eigenvalue weighted by molar-refractivity contribution is 5.61. The lowest BCUT2D eigenvalue weighted by atomic mass is 10.1. The van der Waals surface area contributed by atoms with Crippen LogP contribution in [-0.2, 0) is 9.47 Å². The van der Waals surface area contributed by atoms with Gasteiger partial charge in [-0.3, -0.25) is 0 Å². The summed E-state index contributed by atoms with van der Waals surface area (Å²) < 4.78 is 8.84. The lowest BCUT2D eigenvalue weighted by Crippen LogP contribution is -2.04. The molecule has 14 heavy (non-hydrogen) atoms. The standard InChI is InChI=1S/C11H18O3/c1-3-5-6-7-8-9-10-14-11(12)13-4-2/h2H,3,5-10H2,1H3. The predicted octanol–water partition coefficient (Wildman–Crippen LogP) is 3.09. The van der Waals surface area contributed by atoms with Crippen molar-refractivity contribution in [3.8, 4) is 12.5 Å². The molecule has 0 aromatic rings. The quantitative estimate of drug-likeness (QED) is 0.358. The van der Waals surface area contributed by atoms with Crippen molar-refractivity contribution < 1.29 is 14.3 Å². The first-order valence-corrected chi connectivity index (χ1v) is 5.10. The Kier molecular flexibility index (Phi) is 9.09. The number of unbranched alkanes of at least 4 members (excludes halogenated alkanes) is 5. The van der Waals surface area contributed by atoms with E-state index in [4.69, 9.17) is 6.42 Å². The molecule has 0 bridgehead atoms. The zero-order chi connectivity index (χ0) is 10.6. The van der Waals surface area contributed by atoms with Crippen molar-refractivity contribution in [3.63, 3.8) is 0 Å². The number of hydrogen-bond donors (Lipinski definition) is 0. The van der Waals surface area contributed by atoms with Gasteiger partial charge >= 0.3 is 6.16 Å². The topological polar surface area (TPSA) is 35.5 Å². The van der Waals surface area contributed by atoms with Gasteiger partial charge in [-0.1, -0.05) is 45.5 Å². The van der Waals surface area contributed by atoms with Crippen LogP contribution in [-0.4, -0.2) is 12.8 Å². The first-order valence-electron chi connectivity index (χ1n) is 5.10. The Balaban J connectivity index is 3.06. The maximum Gasteiger partial charge on any atom is 0.522 e. The molecular weight excluding hydrogens is 180 g/mol. The van der Waals surface area contributed by atoms with Crippen molar-refractivity contribution in [2.45, 2.75) is 45.4 Å². The van der Waals surface area contributed by atoms with Crippen LogP contribution in [0.25, 0.3) is 0 Å². The fourth-order valence-electron chi connectivity index (χ4n) is 1.12. The monoisotopic (exact) mass is 198 g/mol. The third kappa shape index (κ3) is 8.92. The average molecular weight is 198 g/mol. The third-order valence-corrected chi connectivity index (χ3v) is 1.86. The fourth-order valence-corrected chi connectivity index (χ4v) is 1.12. The van der Waals surface area contributed by atoms with Crippen molar-refractivity contribution in [1.82, 2.24) is 0 Å². The minimum atomic E-state index is -0.777. The van der Waals surface area contributed by atoms with Gasteiger partial charge in [0, 0.05) is 0 Å². The SMILES string of the molecule is C#COC(=O)OCCCCCCCC. The lowest BCUT2D eigenvalue weighted by Gasteiger charge is -2.01. The lowest BCUT2D eigenvalue weighted by molar-refractivity contribution is 0.0887. The smallest absolute Gasteiger partial charge is 0.433 e. The van der Waals surface area contributed by atoms with E-state index in [-0.39, 0.29) is 0 Å². The van der Waals surface area contributed by atoms with E-state index in [1.165, 1.54) is 25.7 Å². The second-order valence-corrected chi connectivity index (χ2v) is 3.09. The summed E-state index contributed by atoms with van der Waals surface area (Å²) in [5.74, 6) is 0. The summed E-state index contributed by atoms with van der Waals surface area (Å²) in [4.78, 5) is 10.6. The van der Waals surface area contributed by atoms with Crippen molar-refractivity contribution in [3.05, 3.63) is 0 Å². The molecule has 0 aliphatic carbocycles. The van der Waals surface area contributed by atoms with E-state index in [1.54, 1.807) is 6.11 Å². The van der Waals surface area contributed by atoms with E-state index >= 15 is 0 Å². The molecule has 0 amide bonds. The molecule has 3 nitrogen and oxygen atoms in total. The van der Waals surface area contributed by atoms with Crippen LogP contribution in [0.2, 0.25) is 0 Å². The van der Waals surface area contributed by atoms with Gasteiger partial charge in [-0.15, -0.1) is 0 Å².